The molecule has 2 amide bonds. The van der Waals surface area contributed by atoms with E-state index in [9.17, 15) is 14.4 Å². The minimum atomic E-state index is -0.242. The minimum absolute atomic E-state index is 0.0167. The second-order valence-electron chi connectivity index (χ2n) is 5.41. The van der Waals surface area contributed by atoms with E-state index in [0.717, 1.165) is 5.69 Å². The average molecular weight is 336 g/mol. The fourth-order valence-corrected chi connectivity index (χ4v) is 3.15. The number of nitrogens with zero attached hydrogens (tertiary/aromatic N) is 1. The molecule has 6 nitrogen and oxygen atoms in total. The molecule has 1 heterocycles. The number of carbonyl (C=O) groups excluding carboxylic acids is 3. The predicted molar refractivity (Wildman–Crippen MR) is 90.5 cm³/mol. The third-order valence-corrected chi connectivity index (χ3v) is 4.49. The quantitative estimate of drug-likeness (QED) is 0.859. The summed E-state index contributed by atoms with van der Waals surface area (Å²) in [6.07, 6.45) is 0.445. The number of hydrogen-bond donors (Lipinski definition) is 1. The van der Waals surface area contributed by atoms with E-state index in [4.69, 9.17) is 4.74 Å². The Morgan fingerprint density at radius 2 is 2.22 bits per heavy atom. The molecule has 1 aromatic carbocycles. The van der Waals surface area contributed by atoms with Crippen molar-refractivity contribution in [3.8, 4) is 0 Å². The molecule has 0 spiro atoms. The van der Waals surface area contributed by atoms with Crippen LogP contribution in [0.2, 0.25) is 0 Å². The Hall–Kier alpha value is -1.86. The van der Waals surface area contributed by atoms with E-state index >= 15 is 0 Å². The molecule has 2 rings (SSSR count). The monoisotopic (exact) mass is 336 g/mol. The number of benzene rings is 1. The molecule has 1 aliphatic rings. The second kappa shape index (κ2) is 8.12. The predicted octanol–water partition coefficient (Wildman–Crippen LogP) is 1.90. The zero-order valence-electron chi connectivity index (χ0n) is 13.2. The molecular formula is C16H20N2O4S. The third kappa shape index (κ3) is 5.07. The number of hydrogen-bond acceptors (Lipinski definition) is 5. The van der Waals surface area contributed by atoms with Crippen LogP contribution in [0.3, 0.4) is 0 Å². The van der Waals surface area contributed by atoms with Crippen LogP contribution in [-0.2, 0) is 19.1 Å². The number of amides is 2. The molecule has 23 heavy (non-hydrogen) atoms. The van der Waals surface area contributed by atoms with Crippen LogP contribution in [0, 0.1) is 5.92 Å². The molecule has 124 valence electrons. The van der Waals surface area contributed by atoms with Gasteiger partial charge in [0.15, 0.2) is 5.12 Å². The molecule has 7 heteroatoms. The van der Waals surface area contributed by atoms with Gasteiger partial charge >= 0.3 is 0 Å². The van der Waals surface area contributed by atoms with Crippen molar-refractivity contribution in [3.05, 3.63) is 24.3 Å². The lowest BCUT2D eigenvalue weighted by atomic mass is 10.1. The Morgan fingerprint density at radius 1 is 1.43 bits per heavy atom. The smallest absolute Gasteiger partial charge is 0.250 e. The summed E-state index contributed by atoms with van der Waals surface area (Å²) in [5, 5.41) is 2.79. The Bertz CT molecular complexity index is 605. The maximum Gasteiger partial charge on any atom is 0.250 e. The number of rotatable bonds is 6. The van der Waals surface area contributed by atoms with Crippen LogP contribution in [-0.4, -0.2) is 42.9 Å². The number of carbonyl (C=O) groups is 3. The lowest BCUT2D eigenvalue weighted by Gasteiger charge is -2.18. The summed E-state index contributed by atoms with van der Waals surface area (Å²) >= 11 is 1.26. The molecule has 1 aromatic rings. The summed E-state index contributed by atoms with van der Waals surface area (Å²) in [5.41, 5.74) is 1.37. The second-order valence-corrected chi connectivity index (χ2v) is 6.61. The van der Waals surface area contributed by atoms with Gasteiger partial charge < -0.3 is 15.0 Å². The number of anilines is 2. The Morgan fingerprint density at radius 3 is 2.91 bits per heavy atom. The number of methoxy groups -OCH3 is 1. The number of nitrogens with one attached hydrogen (secondary N) is 1. The van der Waals surface area contributed by atoms with Crippen molar-refractivity contribution in [1.29, 1.82) is 0 Å². The van der Waals surface area contributed by atoms with Crippen LogP contribution < -0.4 is 10.2 Å². The van der Waals surface area contributed by atoms with E-state index in [2.05, 4.69) is 5.32 Å². The highest BCUT2D eigenvalue weighted by molar-refractivity contribution is 8.13. The summed E-state index contributed by atoms with van der Waals surface area (Å²) in [4.78, 5) is 36.5. The fraction of sp³-hybridized carbons (Fsp3) is 0.438. The van der Waals surface area contributed by atoms with Crippen molar-refractivity contribution < 1.29 is 19.1 Å². The highest BCUT2D eigenvalue weighted by atomic mass is 32.2. The number of thioether (sulfide) groups is 1. The average Bonchev–Trinajstić information content (AvgIpc) is 2.87. The summed E-state index contributed by atoms with van der Waals surface area (Å²) in [7, 11) is 1.46. The third-order valence-electron chi connectivity index (χ3n) is 3.44. The highest BCUT2D eigenvalue weighted by Crippen LogP contribution is 2.29. The lowest BCUT2D eigenvalue weighted by molar-refractivity contribution is -0.119. The van der Waals surface area contributed by atoms with Crippen molar-refractivity contribution in [2.45, 2.75) is 13.3 Å². The van der Waals surface area contributed by atoms with Crippen molar-refractivity contribution in [3.63, 3.8) is 0 Å². The van der Waals surface area contributed by atoms with Gasteiger partial charge in [-0.1, -0.05) is 17.8 Å². The van der Waals surface area contributed by atoms with E-state index in [-0.39, 0.29) is 29.5 Å². The molecule has 1 atom stereocenters. The van der Waals surface area contributed by atoms with Gasteiger partial charge in [0.25, 0.3) is 0 Å². The Balaban J connectivity index is 2.02. The van der Waals surface area contributed by atoms with Gasteiger partial charge in [0, 0.05) is 44.1 Å². The first-order valence-electron chi connectivity index (χ1n) is 7.32. The van der Waals surface area contributed by atoms with E-state index in [1.807, 2.05) is 6.07 Å². The first-order valence-corrected chi connectivity index (χ1v) is 8.30. The molecule has 0 aliphatic carbocycles. The summed E-state index contributed by atoms with van der Waals surface area (Å²) < 4.78 is 4.78. The maximum atomic E-state index is 12.2. The molecule has 0 aromatic heterocycles. The van der Waals surface area contributed by atoms with Crippen LogP contribution in [0.15, 0.2) is 24.3 Å². The first kappa shape index (κ1) is 17.5. The van der Waals surface area contributed by atoms with Crippen molar-refractivity contribution in [2.75, 3.05) is 36.2 Å². The molecule has 0 bridgehead atoms. The fourth-order valence-electron chi connectivity index (χ4n) is 2.46. The molecular weight excluding hydrogens is 316 g/mol. The Kier molecular flexibility index (Phi) is 6.18. The zero-order chi connectivity index (χ0) is 16.8. The lowest BCUT2D eigenvalue weighted by Crippen LogP contribution is -2.25. The molecule has 1 aliphatic heterocycles. The van der Waals surface area contributed by atoms with Gasteiger partial charge in [-0.3, -0.25) is 14.4 Å². The van der Waals surface area contributed by atoms with Crippen molar-refractivity contribution in [1.82, 2.24) is 0 Å². The van der Waals surface area contributed by atoms with Gasteiger partial charge in [0.1, 0.15) is 6.61 Å². The van der Waals surface area contributed by atoms with Crippen LogP contribution in [0.1, 0.15) is 13.3 Å². The molecule has 1 unspecified atom stereocenters. The first-order chi connectivity index (χ1) is 11.0. The summed E-state index contributed by atoms with van der Waals surface area (Å²) in [6, 6.07) is 7.17. The van der Waals surface area contributed by atoms with E-state index < -0.39 is 0 Å². The molecule has 0 saturated carbocycles. The molecule has 1 fully saturated rings. The van der Waals surface area contributed by atoms with E-state index in [1.54, 1.807) is 23.1 Å². The van der Waals surface area contributed by atoms with Crippen LogP contribution in [0.5, 0.6) is 0 Å². The zero-order valence-corrected chi connectivity index (χ0v) is 14.0. The topological polar surface area (TPSA) is 75.7 Å². The SMILES string of the molecule is COCC(=O)Nc1cccc(N2CC(CSC(C)=O)CC2=O)c1. The van der Waals surface area contributed by atoms with Crippen molar-refractivity contribution in [2.24, 2.45) is 5.92 Å². The van der Waals surface area contributed by atoms with Crippen molar-refractivity contribution >= 4 is 40.1 Å². The highest BCUT2D eigenvalue weighted by Gasteiger charge is 2.30. The standard InChI is InChI=1S/C16H20N2O4S/c1-11(19)23-10-12-6-16(21)18(8-12)14-5-3-4-13(7-14)17-15(20)9-22-2/h3-5,7,12H,6,8-10H2,1-2H3,(H,17,20). The normalized spacial score (nSPS) is 17.4. The molecule has 0 radical (unpaired) electrons. The largest absolute Gasteiger partial charge is 0.375 e. The van der Waals surface area contributed by atoms with Gasteiger partial charge in [-0.25, -0.2) is 0 Å². The van der Waals surface area contributed by atoms with E-state index in [1.165, 1.54) is 25.8 Å². The number of ether oxygens (including phenoxy) is 1. The van der Waals surface area contributed by atoms with Gasteiger partial charge in [-0.15, -0.1) is 0 Å². The Labute approximate surface area is 139 Å². The summed E-state index contributed by atoms with van der Waals surface area (Å²) in [5.74, 6) is 0.623. The summed E-state index contributed by atoms with van der Waals surface area (Å²) in [6.45, 7) is 2.11. The molecule has 1 N–H and O–H groups in total. The minimum Gasteiger partial charge on any atom is -0.375 e. The van der Waals surface area contributed by atoms with Gasteiger partial charge in [0.05, 0.1) is 0 Å². The maximum absolute atomic E-state index is 12.2. The van der Waals surface area contributed by atoms with E-state index in [0.29, 0.717) is 24.4 Å². The van der Waals surface area contributed by atoms with Crippen LogP contribution in [0.4, 0.5) is 11.4 Å². The van der Waals surface area contributed by atoms with Gasteiger partial charge in [-0.05, 0) is 24.1 Å². The van der Waals surface area contributed by atoms with Crippen LogP contribution >= 0.6 is 11.8 Å². The van der Waals surface area contributed by atoms with Crippen LogP contribution in [0.25, 0.3) is 0 Å². The molecule has 1 saturated heterocycles. The van der Waals surface area contributed by atoms with Gasteiger partial charge in [-0.2, -0.15) is 0 Å². The van der Waals surface area contributed by atoms with Gasteiger partial charge in [0.2, 0.25) is 11.8 Å².